The number of rotatable bonds is 10. The fourth-order valence-electron chi connectivity index (χ4n) is 2.79. The molecule has 0 bridgehead atoms. The lowest BCUT2D eigenvalue weighted by molar-refractivity contribution is 0.276. The predicted molar refractivity (Wildman–Crippen MR) is 111 cm³/mol. The smallest absolute Gasteiger partial charge is 0.243 e. The Kier molecular flexibility index (Phi) is 7.40. The number of hydrogen-bond donors (Lipinski definition) is 1. The lowest BCUT2D eigenvalue weighted by atomic mass is 10.1. The Morgan fingerprint density at radius 3 is 2.79 bits per heavy atom. The highest BCUT2D eigenvalue weighted by molar-refractivity contribution is 9.10. The van der Waals surface area contributed by atoms with E-state index >= 15 is 0 Å². The van der Waals surface area contributed by atoms with Gasteiger partial charge in [-0.15, -0.1) is 0 Å². The van der Waals surface area contributed by atoms with Crippen molar-refractivity contribution in [3.63, 3.8) is 0 Å². The van der Waals surface area contributed by atoms with E-state index in [4.69, 9.17) is 9.47 Å². The number of methoxy groups -OCH3 is 1. The van der Waals surface area contributed by atoms with Crippen LogP contribution in [0.4, 0.5) is 10.3 Å². The van der Waals surface area contributed by atoms with Crippen molar-refractivity contribution >= 4 is 21.9 Å². The van der Waals surface area contributed by atoms with Crippen LogP contribution in [-0.2, 0) is 19.7 Å². The highest BCUT2D eigenvalue weighted by Crippen LogP contribution is 2.37. The van der Waals surface area contributed by atoms with Gasteiger partial charge in [0, 0.05) is 28.7 Å². The molecule has 0 amide bonds. The number of ether oxygens (including phenoxy) is 2. The van der Waals surface area contributed by atoms with Crippen molar-refractivity contribution in [3.05, 3.63) is 57.8 Å². The molecule has 2 aromatic carbocycles. The van der Waals surface area contributed by atoms with Crippen LogP contribution in [0.1, 0.15) is 30.9 Å². The molecule has 0 aliphatic rings. The molecule has 29 heavy (non-hydrogen) atoms. The molecule has 0 spiro atoms. The second kappa shape index (κ2) is 10.2. The van der Waals surface area contributed by atoms with Crippen LogP contribution >= 0.6 is 15.9 Å². The van der Waals surface area contributed by atoms with Crippen LogP contribution in [0.3, 0.4) is 0 Å². The van der Waals surface area contributed by atoms with Gasteiger partial charge in [0.15, 0.2) is 11.5 Å². The Hall–Kier alpha value is -2.68. The van der Waals surface area contributed by atoms with E-state index < -0.39 is 0 Å². The number of nitrogens with zero attached hydrogens (tertiary/aromatic N) is 4. The quantitative estimate of drug-likeness (QED) is 0.474. The molecule has 0 aliphatic heterocycles. The van der Waals surface area contributed by atoms with Gasteiger partial charge in [0.05, 0.1) is 7.11 Å². The van der Waals surface area contributed by atoms with Gasteiger partial charge in [0.1, 0.15) is 12.4 Å². The van der Waals surface area contributed by atoms with Crippen molar-refractivity contribution in [2.75, 3.05) is 12.4 Å². The van der Waals surface area contributed by atoms with E-state index in [1.165, 1.54) is 6.07 Å². The topological polar surface area (TPSA) is 74.1 Å². The molecule has 0 aliphatic carbocycles. The van der Waals surface area contributed by atoms with Crippen LogP contribution in [-0.4, -0.2) is 27.3 Å². The minimum absolute atomic E-state index is 0.0841. The third-order valence-electron chi connectivity index (χ3n) is 4.40. The van der Waals surface area contributed by atoms with Gasteiger partial charge < -0.3 is 14.8 Å². The van der Waals surface area contributed by atoms with Gasteiger partial charge in [-0.1, -0.05) is 52.6 Å². The Labute approximate surface area is 177 Å². The molecular formula is C20H23BrFN5O2. The second-order valence-corrected chi connectivity index (χ2v) is 7.22. The van der Waals surface area contributed by atoms with Crippen LogP contribution in [0.15, 0.2) is 40.9 Å². The maximum absolute atomic E-state index is 14.0. The van der Waals surface area contributed by atoms with Crippen LogP contribution < -0.4 is 14.8 Å². The van der Waals surface area contributed by atoms with Crippen molar-refractivity contribution in [3.8, 4) is 11.5 Å². The van der Waals surface area contributed by atoms with E-state index in [9.17, 15) is 4.39 Å². The fourth-order valence-corrected chi connectivity index (χ4v) is 3.24. The van der Waals surface area contributed by atoms with E-state index in [1.54, 1.807) is 36.1 Å². The Balaban J connectivity index is 1.80. The zero-order valence-corrected chi connectivity index (χ0v) is 17.9. The van der Waals surface area contributed by atoms with Crippen molar-refractivity contribution in [1.82, 2.24) is 20.2 Å². The van der Waals surface area contributed by atoms with Gasteiger partial charge in [-0.25, -0.2) is 9.07 Å². The lowest BCUT2D eigenvalue weighted by Gasteiger charge is -2.17. The highest BCUT2D eigenvalue weighted by Gasteiger charge is 2.17. The summed E-state index contributed by atoms with van der Waals surface area (Å²) in [6, 6.07) is 10.2. The summed E-state index contributed by atoms with van der Waals surface area (Å²) in [6.07, 6.45) is 2.04. The predicted octanol–water partition coefficient (Wildman–Crippen LogP) is 4.57. The number of anilines is 1. The zero-order valence-electron chi connectivity index (χ0n) is 16.4. The van der Waals surface area contributed by atoms with Crippen molar-refractivity contribution < 1.29 is 13.9 Å². The number of aromatic nitrogens is 4. The van der Waals surface area contributed by atoms with Gasteiger partial charge in [0.2, 0.25) is 5.95 Å². The molecule has 0 radical (unpaired) electrons. The SMILES string of the molecule is CCCCn1nnnc1NCc1c(Br)ccc(OC)c1OCc1ccccc1F. The molecule has 0 atom stereocenters. The molecule has 0 saturated carbocycles. The molecule has 0 unspecified atom stereocenters. The van der Waals surface area contributed by atoms with Gasteiger partial charge in [-0.05, 0) is 35.0 Å². The first-order valence-corrected chi connectivity index (χ1v) is 10.1. The van der Waals surface area contributed by atoms with Crippen LogP contribution in [0.2, 0.25) is 0 Å². The van der Waals surface area contributed by atoms with E-state index in [2.05, 4.69) is 43.7 Å². The second-order valence-electron chi connectivity index (χ2n) is 6.37. The molecular weight excluding hydrogens is 441 g/mol. The number of nitrogens with one attached hydrogen (secondary N) is 1. The molecule has 3 aromatic rings. The number of hydrogen-bond acceptors (Lipinski definition) is 6. The molecule has 0 saturated heterocycles. The van der Waals surface area contributed by atoms with E-state index in [0.717, 1.165) is 29.4 Å². The summed E-state index contributed by atoms with van der Waals surface area (Å²) in [5.74, 6) is 1.36. The third-order valence-corrected chi connectivity index (χ3v) is 5.14. The Morgan fingerprint density at radius 1 is 1.21 bits per heavy atom. The van der Waals surface area contributed by atoms with E-state index in [1.807, 2.05) is 6.07 Å². The number of benzene rings is 2. The average molecular weight is 464 g/mol. The minimum Gasteiger partial charge on any atom is -0.493 e. The van der Waals surface area contributed by atoms with Crippen LogP contribution in [0, 0.1) is 5.82 Å². The normalized spacial score (nSPS) is 10.8. The largest absolute Gasteiger partial charge is 0.493 e. The third kappa shape index (κ3) is 5.23. The molecule has 1 aromatic heterocycles. The van der Waals surface area contributed by atoms with Gasteiger partial charge >= 0.3 is 0 Å². The number of halogens is 2. The number of unbranched alkanes of at least 4 members (excludes halogenated alkanes) is 1. The Morgan fingerprint density at radius 2 is 2.03 bits per heavy atom. The summed E-state index contributed by atoms with van der Waals surface area (Å²) < 4.78 is 28.0. The van der Waals surface area contributed by atoms with Crippen LogP contribution in [0.25, 0.3) is 0 Å². The maximum Gasteiger partial charge on any atom is 0.243 e. The summed E-state index contributed by atoms with van der Waals surface area (Å²) >= 11 is 3.57. The highest BCUT2D eigenvalue weighted by atomic mass is 79.9. The minimum atomic E-state index is -0.309. The summed E-state index contributed by atoms with van der Waals surface area (Å²) in [5.41, 5.74) is 1.29. The van der Waals surface area contributed by atoms with Crippen molar-refractivity contribution in [1.29, 1.82) is 0 Å². The standard InChI is InChI=1S/C20H23BrFN5O2/c1-3-4-11-27-20(24-25-26-27)23-12-15-16(21)9-10-18(28-2)19(15)29-13-14-7-5-6-8-17(14)22/h5-10H,3-4,11-13H2,1-2H3,(H,23,24,26). The fraction of sp³-hybridized carbons (Fsp3) is 0.350. The monoisotopic (exact) mass is 463 g/mol. The molecule has 1 heterocycles. The maximum atomic E-state index is 14.0. The summed E-state index contributed by atoms with van der Waals surface area (Å²) in [6.45, 7) is 3.34. The molecule has 1 N–H and O–H groups in total. The summed E-state index contributed by atoms with van der Waals surface area (Å²) in [5, 5.41) is 15.0. The van der Waals surface area contributed by atoms with Gasteiger partial charge in [0.25, 0.3) is 0 Å². The molecule has 154 valence electrons. The van der Waals surface area contributed by atoms with Gasteiger partial charge in [-0.2, -0.15) is 0 Å². The average Bonchev–Trinajstić information content (AvgIpc) is 3.18. The van der Waals surface area contributed by atoms with Crippen molar-refractivity contribution in [2.24, 2.45) is 0 Å². The van der Waals surface area contributed by atoms with E-state index in [-0.39, 0.29) is 12.4 Å². The molecule has 3 rings (SSSR count). The van der Waals surface area contributed by atoms with Crippen LogP contribution in [0.5, 0.6) is 11.5 Å². The lowest BCUT2D eigenvalue weighted by Crippen LogP contribution is -2.11. The Bertz CT molecular complexity index is 950. The van der Waals surface area contributed by atoms with E-state index in [0.29, 0.717) is 29.6 Å². The first-order chi connectivity index (χ1) is 14.1. The summed E-state index contributed by atoms with van der Waals surface area (Å²) in [7, 11) is 1.57. The van der Waals surface area contributed by atoms with Gasteiger partial charge in [-0.3, -0.25) is 0 Å². The molecule has 9 heteroatoms. The zero-order chi connectivity index (χ0) is 20.6. The molecule has 7 nitrogen and oxygen atoms in total. The van der Waals surface area contributed by atoms with Crippen molar-refractivity contribution in [2.45, 2.75) is 39.5 Å². The first kappa shape index (κ1) is 21.0. The number of tetrazole rings is 1. The molecule has 0 fully saturated rings. The number of aryl methyl sites for hydroxylation is 1. The first-order valence-electron chi connectivity index (χ1n) is 9.35. The summed E-state index contributed by atoms with van der Waals surface area (Å²) in [4.78, 5) is 0.